The molecule has 2 aromatic rings. The summed E-state index contributed by atoms with van der Waals surface area (Å²) >= 11 is 0. The maximum atomic E-state index is 12.5. The maximum Gasteiger partial charge on any atom is 0.259 e. The monoisotopic (exact) mass is 317 g/mol. The highest BCUT2D eigenvalue weighted by Gasteiger charge is 2.22. The highest BCUT2D eigenvalue weighted by atomic mass is 16.5. The van der Waals surface area contributed by atoms with Crippen molar-refractivity contribution in [2.24, 2.45) is 0 Å². The maximum absolute atomic E-state index is 12.5. The van der Waals surface area contributed by atoms with Crippen molar-refractivity contribution < 1.29 is 14.3 Å². The molecule has 0 spiro atoms. The number of nitrogens with one attached hydrogen (secondary N) is 1. The van der Waals surface area contributed by atoms with Gasteiger partial charge in [0.05, 0.1) is 37.2 Å². The van der Waals surface area contributed by atoms with Gasteiger partial charge in [-0.05, 0) is 39.8 Å². The van der Waals surface area contributed by atoms with Crippen molar-refractivity contribution in [1.82, 2.24) is 9.78 Å². The number of carbonyl (C=O) groups excluding carboxylic acids is 1. The first-order chi connectivity index (χ1) is 10.8. The van der Waals surface area contributed by atoms with E-state index in [0.29, 0.717) is 22.7 Å². The Kier molecular flexibility index (Phi) is 4.63. The fraction of sp³-hybridized carbons (Fsp3) is 0.412. The van der Waals surface area contributed by atoms with Gasteiger partial charge in [0, 0.05) is 11.8 Å². The molecule has 23 heavy (non-hydrogen) atoms. The molecular weight excluding hydrogens is 294 g/mol. The van der Waals surface area contributed by atoms with Crippen LogP contribution in [0.25, 0.3) is 0 Å². The second-order valence-corrected chi connectivity index (χ2v) is 6.25. The number of carbonyl (C=O) groups is 1. The van der Waals surface area contributed by atoms with Crippen LogP contribution < -0.4 is 14.8 Å². The molecule has 0 aliphatic carbocycles. The summed E-state index contributed by atoms with van der Waals surface area (Å²) in [6.07, 6.45) is 1.59. The largest absolute Gasteiger partial charge is 0.497 e. The molecule has 0 unspecified atom stereocenters. The number of aromatic nitrogens is 2. The van der Waals surface area contributed by atoms with Crippen molar-refractivity contribution in [2.45, 2.75) is 33.2 Å². The van der Waals surface area contributed by atoms with Crippen LogP contribution in [0.1, 0.15) is 36.8 Å². The van der Waals surface area contributed by atoms with Crippen LogP contribution in [-0.4, -0.2) is 29.9 Å². The van der Waals surface area contributed by atoms with Gasteiger partial charge in [0.1, 0.15) is 11.5 Å². The molecule has 1 aromatic heterocycles. The van der Waals surface area contributed by atoms with Crippen LogP contribution in [0.15, 0.2) is 24.4 Å². The number of hydrogen-bond donors (Lipinski definition) is 1. The van der Waals surface area contributed by atoms with Crippen molar-refractivity contribution in [2.75, 3.05) is 19.5 Å². The first-order valence-corrected chi connectivity index (χ1v) is 7.36. The zero-order chi connectivity index (χ0) is 17.2. The van der Waals surface area contributed by atoms with Gasteiger partial charge in [-0.2, -0.15) is 5.10 Å². The lowest BCUT2D eigenvalue weighted by Crippen LogP contribution is -2.25. The third-order valence-corrected chi connectivity index (χ3v) is 3.55. The summed E-state index contributed by atoms with van der Waals surface area (Å²) in [5, 5.41) is 7.19. The summed E-state index contributed by atoms with van der Waals surface area (Å²) in [4.78, 5) is 12.5. The molecule has 0 atom stereocenters. The summed E-state index contributed by atoms with van der Waals surface area (Å²) < 4.78 is 12.3. The van der Waals surface area contributed by atoms with Crippen molar-refractivity contribution in [3.05, 3.63) is 35.7 Å². The Morgan fingerprint density at radius 2 is 1.91 bits per heavy atom. The lowest BCUT2D eigenvalue weighted by molar-refractivity contribution is 0.102. The molecule has 1 heterocycles. The van der Waals surface area contributed by atoms with E-state index in [4.69, 9.17) is 9.47 Å². The Hall–Kier alpha value is -2.50. The third-order valence-electron chi connectivity index (χ3n) is 3.55. The molecule has 6 nitrogen and oxygen atoms in total. The van der Waals surface area contributed by atoms with Crippen LogP contribution in [0.3, 0.4) is 0 Å². The van der Waals surface area contributed by atoms with Crippen molar-refractivity contribution in [3.63, 3.8) is 0 Å². The minimum atomic E-state index is -0.221. The van der Waals surface area contributed by atoms with Gasteiger partial charge in [-0.15, -0.1) is 0 Å². The normalized spacial score (nSPS) is 11.2. The van der Waals surface area contributed by atoms with Crippen molar-refractivity contribution >= 4 is 11.6 Å². The molecule has 1 N–H and O–H groups in total. The van der Waals surface area contributed by atoms with E-state index < -0.39 is 0 Å². The highest BCUT2D eigenvalue weighted by molar-refractivity contribution is 6.05. The molecule has 2 rings (SSSR count). The Bertz CT molecular complexity index is 714. The highest BCUT2D eigenvalue weighted by Crippen LogP contribution is 2.29. The van der Waals surface area contributed by atoms with Gasteiger partial charge in [0.15, 0.2) is 0 Å². The van der Waals surface area contributed by atoms with Crippen molar-refractivity contribution in [3.8, 4) is 11.5 Å². The zero-order valence-electron chi connectivity index (χ0n) is 14.4. The summed E-state index contributed by atoms with van der Waals surface area (Å²) in [7, 11) is 3.13. The third kappa shape index (κ3) is 3.47. The van der Waals surface area contributed by atoms with E-state index in [2.05, 4.69) is 10.4 Å². The Morgan fingerprint density at radius 1 is 1.22 bits per heavy atom. The molecule has 0 fully saturated rings. The molecular formula is C17H23N3O3. The quantitative estimate of drug-likeness (QED) is 0.940. The van der Waals surface area contributed by atoms with E-state index in [9.17, 15) is 4.79 Å². The molecule has 0 saturated heterocycles. The van der Waals surface area contributed by atoms with Crippen LogP contribution >= 0.6 is 0 Å². The summed E-state index contributed by atoms with van der Waals surface area (Å²) in [6, 6.07) is 5.24. The van der Waals surface area contributed by atoms with Crippen LogP contribution in [-0.2, 0) is 5.54 Å². The molecule has 1 amide bonds. The summed E-state index contributed by atoms with van der Waals surface area (Å²) in [6.45, 7) is 8.02. The second kappa shape index (κ2) is 6.32. The lowest BCUT2D eigenvalue weighted by Gasteiger charge is -2.21. The second-order valence-electron chi connectivity index (χ2n) is 6.25. The van der Waals surface area contributed by atoms with Gasteiger partial charge in [0.25, 0.3) is 5.91 Å². The van der Waals surface area contributed by atoms with Gasteiger partial charge < -0.3 is 14.8 Å². The van der Waals surface area contributed by atoms with Crippen LogP contribution in [0.4, 0.5) is 5.69 Å². The van der Waals surface area contributed by atoms with Crippen LogP contribution in [0.2, 0.25) is 0 Å². The smallest absolute Gasteiger partial charge is 0.259 e. The molecule has 0 bridgehead atoms. The number of methoxy groups -OCH3 is 2. The van der Waals surface area contributed by atoms with Gasteiger partial charge in [-0.3, -0.25) is 9.48 Å². The Labute approximate surface area is 136 Å². The van der Waals surface area contributed by atoms with Gasteiger partial charge in [0.2, 0.25) is 0 Å². The summed E-state index contributed by atoms with van der Waals surface area (Å²) in [5.74, 6) is 0.983. The molecule has 0 radical (unpaired) electrons. The number of amides is 1. The fourth-order valence-corrected chi connectivity index (χ4v) is 2.40. The first kappa shape index (κ1) is 16.9. The average Bonchev–Trinajstić information content (AvgIpc) is 2.89. The fourth-order valence-electron chi connectivity index (χ4n) is 2.40. The van der Waals surface area contributed by atoms with E-state index in [0.717, 1.165) is 5.69 Å². The molecule has 0 aliphatic heterocycles. The van der Waals surface area contributed by atoms with Gasteiger partial charge >= 0.3 is 0 Å². The number of rotatable bonds is 4. The average molecular weight is 317 g/mol. The van der Waals surface area contributed by atoms with Crippen LogP contribution in [0.5, 0.6) is 11.5 Å². The van der Waals surface area contributed by atoms with E-state index >= 15 is 0 Å². The van der Waals surface area contributed by atoms with E-state index in [-0.39, 0.29) is 11.4 Å². The van der Waals surface area contributed by atoms with Gasteiger partial charge in [-0.25, -0.2) is 0 Å². The first-order valence-electron chi connectivity index (χ1n) is 7.36. The SMILES string of the molecule is COc1ccc(NC(=O)c2cnn(C(C)(C)C)c2C)c(OC)c1. The topological polar surface area (TPSA) is 65.4 Å². The van der Waals surface area contributed by atoms with Gasteiger partial charge in [-0.1, -0.05) is 0 Å². The Balaban J connectivity index is 2.28. The number of ether oxygens (including phenoxy) is 2. The van der Waals surface area contributed by atoms with E-state index in [1.165, 1.54) is 0 Å². The molecule has 6 heteroatoms. The molecule has 124 valence electrons. The van der Waals surface area contributed by atoms with Crippen LogP contribution in [0, 0.1) is 6.92 Å². The number of nitrogens with zero attached hydrogens (tertiary/aromatic N) is 2. The van der Waals surface area contributed by atoms with Crippen molar-refractivity contribution in [1.29, 1.82) is 0 Å². The predicted octanol–water partition coefficient (Wildman–Crippen LogP) is 3.22. The van der Waals surface area contributed by atoms with E-state index in [1.54, 1.807) is 38.6 Å². The summed E-state index contributed by atoms with van der Waals surface area (Å²) in [5.41, 5.74) is 1.77. The number of anilines is 1. The number of hydrogen-bond acceptors (Lipinski definition) is 4. The standard InChI is InChI=1S/C17H23N3O3/c1-11-13(10-18-20(11)17(2,3)4)16(21)19-14-8-7-12(22-5)9-15(14)23-6/h7-10H,1-6H3,(H,19,21). The molecule has 0 saturated carbocycles. The molecule has 0 aliphatic rings. The lowest BCUT2D eigenvalue weighted by atomic mass is 10.1. The van der Waals surface area contributed by atoms with E-state index in [1.807, 2.05) is 32.4 Å². The molecule has 1 aromatic carbocycles. The number of benzene rings is 1. The minimum Gasteiger partial charge on any atom is -0.497 e. The Morgan fingerprint density at radius 3 is 2.43 bits per heavy atom. The minimum absolute atomic E-state index is 0.180. The zero-order valence-corrected chi connectivity index (χ0v) is 14.4. The predicted molar refractivity (Wildman–Crippen MR) is 89.5 cm³/mol.